The molecule has 1 heterocycles. The second kappa shape index (κ2) is 5.34. The van der Waals surface area contributed by atoms with E-state index in [1.54, 1.807) is 12.1 Å². The number of imidazole rings is 1. The molecule has 0 spiro atoms. The molecule has 0 atom stereocenters. The highest BCUT2D eigenvalue weighted by molar-refractivity contribution is 6.08. The van der Waals surface area contributed by atoms with Crippen LogP contribution in [0.4, 0.5) is 5.69 Å². The zero-order valence-corrected chi connectivity index (χ0v) is 10.6. The van der Waals surface area contributed by atoms with Crippen molar-refractivity contribution in [1.82, 2.24) is 9.97 Å². The number of rotatable bonds is 3. The molecule has 0 bridgehead atoms. The highest BCUT2D eigenvalue weighted by atomic mass is 16.5. The molecule has 2 N–H and O–H groups in total. The normalized spacial score (nSPS) is 10.0. The van der Waals surface area contributed by atoms with E-state index in [-0.39, 0.29) is 11.4 Å². The van der Waals surface area contributed by atoms with Gasteiger partial charge in [-0.2, -0.15) is 0 Å². The smallest absolute Gasteiger partial charge is 0.356 e. The Hall–Kier alpha value is -2.63. The Labute approximate surface area is 109 Å². The van der Waals surface area contributed by atoms with Gasteiger partial charge in [-0.25, -0.2) is 9.78 Å². The number of hydrogen-bond donors (Lipinski definition) is 2. The number of nitrogens with one attached hydrogen (secondary N) is 2. The monoisotopic (exact) mass is 259 g/mol. The zero-order valence-electron chi connectivity index (χ0n) is 10.6. The van der Waals surface area contributed by atoms with Gasteiger partial charge in [-0.1, -0.05) is 17.7 Å². The number of aromatic nitrogens is 2. The van der Waals surface area contributed by atoms with Crippen molar-refractivity contribution >= 4 is 17.6 Å². The number of benzene rings is 1. The highest BCUT2D eigenvalue weighted by Crippen LogP contribution is 2.12. The molecule has 2 rings (SSSR count). The highest BCUT2D eigenvalue weighted by Gasteiger charge is 2.20. The predicted octanol–water partition coefficient (Wildman–Crippen LogP) is 1.76. The fraction of sp³-hybridized carbons (Fsp3) is 0.154. The molecular formula is C13H13N3O3. The quantitative estimate of drug-likeness (QED) is 0.822. The number of methoxy groups -OCH3 is 1. The van der Waals surface area contributed by atoms with Crippen molar-refractivity contribution in [2.75, 3.05) is 12.4 Å². The Morgan fingerprint density at radius 2 is 1.95 bits per heavy atom. The Kier molecular flexibility index (Phi) is 3.61. The summed E-state index contributed by atoms with van der Waals surface area (Å²) in [6.45, 7) is 1.95. The summed E-state index contributed by atoms with van der Waals surface area (Å²) >= 11 is 0. The molecule has 98 valence electrons. The summed E-state index contributed by atoms with van der Waals surface area (Å²) in [5.74, 6) is -1.10. The molecule has 19 heavy (non-hydrogen) atoms. The molecule has 2 aromatic rings. The number of nitrogens with zero attached hydrogens (tertiary/aromatic N) is 1. The Morgan fingerprint density at radius 1 is 1.26 bits per heavy atom. The molecular weight excluding hydrogens is 246 g/mol. The number of anilines is 1. The van der Waals surface area contributed by atoms with Gasteiger partial charge in [0.05, 0.1) is 13.4 Å². The maximum atomic E-state index is 12.0. The largest absolute Gasteiger partial charge is 0.464 e. The number of aryl methyl sites for hydroxylation is 1. The van der Waals surface area contributed by atoms with Crippen LogP contribution in [-0.2, 0) is 4.74 Å². The Morgan fingerprint density at radius 3 is 2.58 bits per heavy atom. The maximum Gasteiger partial charge on any atom is 0.356 e. The van der Waals surface area contributed by atoms with E-state index >= 15 is 0 Å². The van der Waals surface area contributed by atoms with Crippen LogP contribution in [0.15, 0.2) is 30.6 Å². The lowest BCUT2D eigenvalue weighted by Crippen LogP contribution is -2.17. The minimum atomic E-state index is -0.633. The van der Waals surface area contributed by atoms with Crippen molar-refractivity contribution in [1.29, 1.82) is 0 Å². The van der Waals surface area contributed by atoms with Crippen LogP contribution in [0.3, 0.4) is 0 Å². The zero-order chi connectivity index (χ0) is 13.8. The molecule has 1 amide bonds. The van der Waals surface area contributed by atoms with Crippen LogP contribution in [0.25, 0.3) is 0 Å². The summed E-state index contributed by atoms with van der Waals surface area (Å²) in [6.07, 6.45) is 1.27. The van der Waals surface area contributed by atoms with E-state index in [2.05, 4.69) is 20.0 Å². The number of esters is 1. The molecule has 0 aliphatic carbocycles. The SMILES string of the molecule is COC(=O)c1[nH]cnc1C(=O)Nc1ccc(C)cc1. The average molecular weight is 259 g/mol. The van der Waals surface area contributed by atoms with E-state index in [9.17, 15) is 9.59 Å². The number of carbonyl (C=O) groups is 2. The molecule has 0 aliphatic heterocycles. The third kappa shape index (κ3) is 2.79. The molecule has 0 unspecified atom stereocenters. The van der Waals surface area contributed by atoms with Gasteiger partial charge in [-0.05, 0) is 19.1 Å². The minimum Gasteiger partial charge on any atom is -0.464 e. The second-order valence-electron chi connectivity index (χ2n) is 3.94. The van der Waals surface area contributed by atoms with Crippen molar-refractivity contribution in [2.45, 2.75) is 6.92 Å². The van der Waals surface area contributed by atoms with Crippen LogP contribution in [0, 0.1) is 6.92 Å². The summed E-state index contributed by atoms with van der Waals surface area (Å²) in [7, 11) is 1.24. The predicted molar refractivity (Wildman–Crippen MR) is 69.1 cm³/mol. The van der Waals surface area contributed by atoms with Gasteiger partial charge in [-0.3, -0.25) is 4.79 Å². The summed E-state index contributed by atoms with van der Waals surface area (Å²) in [5, 5.41) is 2.66. The second-order valence-corrected chi connectivity index (χ2v) is 3.94. The number of H-pyrrole nitrogens is 1. The summed E-state index contributed by atoms with van der Waals surface area (Å²) in [5.41, 5.74) is 1.77. The van der Waals surface area contributed by atoms with E-state index in [1.165, 1.54) is 13.4 Å². The fourth-order valence-electron chi connectivity index (χ4n) is 1.55. The van der Waals surface area contributed by atoms with E-state index < -0.39 is 11.9 Å². The number of carbonyl (C=O) groups excluding carboxylic acids is 2. The number of hydrogen-bond acceptors (Lipinski definition) is 4. The number of aromatic amines is 1. The molecule has 0 fully saturated rings. The van der Waals surface area contributed by atoms with Crippen molar-refractivity contribution in [3.63, 3.8) is 0 Å². The van der Waals surface area contributed by atoms with Crippen molar-refractivity contribution in [3.8, 4) is 0 Å². The molecule has 0 saturated heterocycles. The number of amides is 1. The summed E-state index contributed by atoms with van der Waals surface area (Å²) in [4.78, 5) is 29.8. The van der Waals surface area contributed by atoms with Crippen LogP contribution in [0.2, 0.25) is 0 Å². The lowest BCUT2D eigenvalue weighted by molar-refractivity contribution is 0.0591. The van der Waals surface area contributed by atoms with Crippen molar-refractivity contribution in [2.24, 2.45) is 0 Å². The first kappa shape index (κ1) is 12.8. The fourth-order valence-corrected chi connectivity index (χ4v) is 1.55. The standard InChI is InChI=1S/C13H13N3O3/c1-8-3-5-9(6-4-8)16-12(17)10-11(13(18)19-2)15-7-14-10/h3-7H,1-2H3,(H,14,15)(H,16,17). The van der Waals surface area contributed by atoms with Gasteiger partial charge >= 0.3 is 5.97 Å². The summed E-state index contributed by atoms with van der Waals surface area (Å²) in [6, 6.07) is 7.30. The Balaban J connectivity index is 2.18. The molecule has 0 radical (unpaired) electrons. The van der Waals surface area contributed by atoms with Gasteiger partial charge in [0.2, 0.25) is 0 Å². The first-order chi connectivity index (χ1) is 9.11. The van der Waals surface area contributed by atoms with Crippen LogP contribution in [0.1, 0.15) is 26.5 Å². The Bertz CT molecular complexity index is 602. The third-order valence-corrected chi connectivity index (χ3v) is 2.55. The minimum absolute atomic E-state index is 0.00688. The molecule has 0 saturated carbocycles. The summed E-state index contributed by atoms with van der Waals surface area (Å²) < 4.78 is 4.56. The number of ether oxygens (including phenoxy) is 1. The lowest BCUT2D eigenvalue weighted by Gasteiger charge is -2.04. The first-order valence-corrected chi connectivity index (χ1v) is 5.61. The van der Waals surface area contributed by atoms with Gasteiger partial charge < -0.3 is 15.0 Å². The molecule has 6 nitrogen and oxygen atoms in total. The van der Waals surface area contributed by atoms with Crippen LogP contribution in [-0.4, -0.2) is 29.0 Å². The van der Waals surface area contributed by atoms with Gasteiger partial charge in [0.25, 0.3) is 5.91 Å². The molecule has 0 aliphatic rings. The topological polar surface area (TPSA) is 84.1 Å². The van der Waals surface area contributed by atoms with Crippen LogP contribution >= 0.6 is 0 Å². The van der Waals surface area contributed by atoms with Crippen molar-refractivity contribution in [3.05, 3.63) is 47.5 Å². The molecule has 1 aromatic heterocycles. The van der Waals surface area contributed by atoms with Gasteiger partial charge in [0.15, 0.2) is 11.4 Å². The van der Waals surface area contributed by atoms with E-state index in [0.717, 1.165) is 5.56 Å². The third-order valence-electron chi connectivity index (χ3n) is 2.55. The van der Waals surface area contributed by atoms with Crippen molar-refractivity contribution < 1.29 is 14.3 Å². The van der Waals surface area contributed by atoms with Crippen LogP contribution < -0.4 is 5.32 Å². The lowest BCUT2D eigenvalue weighted by atomic mass is 10.2. The van der Waals surface area contributed by atoms with Gasteiger partial charge in [0.1, 0.15) is 0 Å². The average Bonchev–Trinajstić information content (AvgIpc) is 2.90. The van der Waals surface area contributed by atoms with Gasteiger partial charge in [-0.15, -0.1) is 0 Å². The van der Waals surface area contributed by atoms with Gasteiger partial charge in [0, 0.05) is 5.69 Å². The molecule has 1 aromatic carbocycles. The maximum absolute atomic E-state index is 12.0. The first-order valence-electron chi connectivity index (χ1n) is 5.61. The van der Waals surface area contributed by atoms with E-state index in [1.807, 2.05) is 19.1 Å². The van der Waals surface area contributed by atoms with E-state index in [4.69, 9.17) is 0 Å². The van der Waals surface area contributed by atoms with Crippen LogP contribution in [0.5, 0.6) is 0 Å². The molecule has 6 heteroatoms. The van der Waals surface area contributed by atoms with E-state index in [0.29, 0.717) is 5.69 Å².